The molecule has 1 aromatic heterocycles. The SMILES string of the molecule is Cc1ccc(F)c(NC(=O)C(Cc2ccccc2)NC(=O)c2cccs2)c1. The van der Waals surface area contributed by atoms with Crippen LogP contribution in [-0.4, -0.2) is 17.9 Å². The molecule has 0 aliphatic rings. The number of aryl methyl sites for hydroxylation is 1. The number of hydrogen-bond acceptors (Lipinski definition) is 3. The van der Waals surface area contributed by atoms with Crippen molar-refractivity contribution < 1.29 is 14.0 Å². The van der Waals surface area contributed by atoms with E-state index in [9.17, 15) is 14.0 Å². The predicted molar refractivity (Wildman–Crippen MR) is 105 cm³/mol. The van der Waals surface area contributed by atoms with E-state index in [2.05, 4.69) is 10.6 Å². The largest absolute Gasteiger partial charge is 0.339 e. The minimum atomic E-state index is -0.832. The summed E-state index contributed by atoms with van der Waals surface area (Å²) in [5.74, 6) is -1.31. The maximum Gasteiger partial charge on any atom is 0.262 e. The van der Waals surface area contributed by atoms with Crippen molar-refractivity contribution in [3.8, 4) is 0 Å². The first kappa shape index (κ1) is 18.8. The van der Waals surface area contributed by atoms with Crippen molar-refractivity contribution in [2.45, 2.75) is 19.4 Å². The van der Waals surface area contributed by atoms with Crippen LogP contribution >= 0.6 is 11.3 Å². The molecule has 1 heterocycles. The molecule has 0 saturated heterocycles. The van der Waals surface area contributed by atoms with Gasteiger partial charge in [-0.3, -0.25) is 9.59 Å². The minimum absolute atomic E-state index is 0.100. The Hall–Kier alpha value is -2.99. The van der Waals surface area contributed by atoms with E-state index in [1.165, 1.54) is 17.4 Å². The van der Waals surface area contributed by atoms with Gasteiger partial charge in [-0.2, -0.15) is 0 Å². The Morgan fingerprint density at radius 2 is 1.85 bits per heavy atom. The van der Waals surface area contributed by atoms with Crippen molar-refractivity contribution in [3.63, 3.8) is 0 Å². The molecule has 27 heavy (non-hydrogen) atoms. The van der Waals surface area contributed by atoms with Gasteiger partial charge in [0.15, 0.2) is 0 Å². The van der Waals surface area contributed by atoms with Crippen LogP contribution in [0, 0.1) is 12.7 Å². The van der Waals surface area contributed by atoms with Crippen molar-refractivity contribution in [2.75, 3.05) is 5.32 Å². The highest BCUT2D eigenvalue weighted by Crippen LogP contribution is 2.17. The fourth-order valence-corrected chi connectivity index (χ4v) is 3.28. The molecular formula is C21H19FN2O2S. The molecule has 1 atom stereocenters. The molecule has 0 spiro atoms. The van der Waals surface area contributed by atoms with Crippen molar-refractivity contribution in [1.29, 1.82) is 0 Å². The lowest BCUT2D eigenvalue weighted by Crippen LogP contribution is -2.45. The summed E-state index contributed by atoms with van der Waals surface area (Å²) < 4.78 is 14.0. The van der Waals surface area contributed by atoms with Crippen molar-refractivity contribution in [3.05, 3.63) is 87.9 Å². The Kier molecular flexibility index (Phi) is 5.98. The number of benzene rings is 2. The number of thiophene rings is 1. The van der Waals surface area contributed by atoms with E-state index in [1.807, 2.05) is 37.3 Å². The van der Waals surface area contributed by atoms with Gasteiger partial charge in [-0.1, -0.05) is 42.5 Å². The third-order valence-electron chi connectivity index (χ3n) is 4.03. The van der Waals surface area contributed by atoms with Gasteiger partial charge >= 0.3 is 0 Å². The molecule has 2 aromatic carbocycles. The van der Waals surface area contributed by atoms with Gasteiger partial charge in [0.05, 0.1) is 10.6 Å². The standard InChI is InChI=1S/C21H19FN2O2S/c1-14-9-10-16(22)17(12-14)23-20(25)18(13-15-6-3-2-4-7-15)24-21(26)19-8-5-11-27-19/h2-12,18H,13H2,1H3,(H,23,25)(H,24,26). The van der Waals surface area contributed by atoms with Crippen molar-refractivity contribution >= 4 is 28.8 Å². The molecule has 3 rings (SSSR count). The van der Waals surface area contributed by atoms with Crippen LogP contribution in [0.15, 0.2) is 66.0 Å². The normalized spacial score (nSPS) is 11.6. The van der Waals surface area contributed by atoms with Crippen LogP contribution in [0.25, 0.3) is 0 Å². The zero-order chi connectivity index (χ0) is 19.2. The van der Waals surface area contributed by atoms with Gasteiger partial charge in [-0.25, -0.2) is 4.39 Å². The second-order valence-corrected chi connectivity index (χ2v) is 7.11. The first-order valence-electron chi connectivity index (χ1n) is 8.48. The van der Waals surface area contributed by atoms with E-state index >= 15 is 0 Å². The minimum Gasteiger partial charge on any atom is -0.339 e. The summed E-state index contributed by atoms with van der Waals surface area (Å²) >= 11 is 1.30. The van der Waals surface area contributed by atoms with E-state index in [0.29, 0.717) is 11.3 Å². The summed E-state index contributed by atoms with van der Waals surface area (Å²) in [6, 6.07) is 16.5. The summed E-state index contributed by atoms with van der Waals surface area (Å²) in [4.78, 5) is 25.7. The molecule has 0 saturated carbocycles. The molecule has 1 unspecified atom stereocenters. The number of nitrogens with one attached hydrogen (secondary N) is 2. The van der Waals surface area contributed by atoms with Gasteiger partial charge in [-0.05, 0) is 41.6 Å². The highest BCUT2D eigenvalue weighted by atomic mass is 32.1. The summed E-state index contributed by atoms with van der Waals surface area (Å²) in [7, 11) is 0. The van der Waals surface area contributed by atoms with Crippen molar-refractivity contribution in [2.24, 2.45) is 0 Å². The number of rotatable bonds is 6. The van der Waals surface area contributed by atoms with E-state index in [4.69, 9.17) is 0 Å². The molecule has 2 amide bonds. The number of hydrogen-bond donors (Lipinski definition) is 2. The molecular weight excluding hydrogens is 363 g/mol. The second-order valence-electron chi connectivity index (χ2n) is 6.17. The van der Waals surface area contributed by atoms with Crippen LogP contribution in [0.3, 0.4) is 0 Å². The lowest BCUT2D eigenvalue weighted by Gasteiger charge is -2.19. The van der Waals surface area contributed by atoms with Gasteiger partial charge < -0.3 is 10.6 Å². The Morgan fingerprint density at radius 3 is 2.56 bits per heavy atom. The zero-order valence-corrected chi connectivity index (χ0v) is 15.6. The fraction of sp³-hybridized carbons (Fsp3) is 0.143. The van der Waals surface area contributed by atoms with E-state index < -0.39 is 17.8 Å². The molecule has 0 radical (unpaired) electrons. The van der Waals surface area contributed by atoms with Gasteiger partial charge in [-0.15, -0.1) is 11.3 Å². The average Bonchev–Trinajstić information content (AvgIpc) is 3.20. The van der Waals surface area contributed by atoms with Crippen LogP contribution in [0.2, 0.25) is 0 Å². The topological polar surface area (TPSA) is 58.2 Å². The summed E-state index contributed by atoms with van der Waals surface area (Å²) in [6.45, 7) is 1.81. The Morgan fingerprint density at radius 1 is 1.07 bits per heavy atom. The third-order valence-corrected chi connectivity index (χ3v) is 4.90. The zero-order valence-electron chi connectivity index (χ0n) is 14.7. The molecule has 0 aliphatic carbocycles. The maximum absolute atomic E-state index is 14.0. The van der Waals surface area contributed by atoms with Gasteiger partial charge in [0.25, 0.3) is 5.91 Å². The fourth-order valence-electron chi connectivity index (χ4n) is 2.65. The van der Waals surface area contributed by atoms with Crippen LogP contribution in [0.5, 0.6) is 0 Å². The number of carbonyl (C=O) groups excluding carboxylic acids is 2. The summed E-state index contributed by atoms with van der Waals surface area (Å²) in [5.41, 5.74) is 1.83. The molecule has 0 bridgehead atoms. The Bertz CT molecular complexity index is 927. The molecule has 6 heteroatoms. The quantitative estimate of drug-likeness (QED) is 0.672. The van der Waals surface area contributed by atoms with Gasteiger partial charge in [0.2, 0.25) is 5.91 Å². The molecule has 4 nitrogen and oxygen atoms in total. The molecule has 138 valence electrons. The summed E-state index contributed by atoms with van der Waals surface area (Å²) in [5, 5.41) is 7.15. The number of anilines is 1. The molecule has 0 fully saturated rings. The first-order chi connectivity index (χ1) is 13.0. The molecule has 3 aromatic rings. The Balaban J connectivity index is 1.80. The van der Waals surface area contributed by atoms with Gasteiger partial charge in [0.1, 0.15) is 11.9 Å². The van der Waals surface area contributed by atoms with Crippen LogP contribution in [0.4, 0.5) is 10.1 Å². The predicted octanol–water partition coefficient (Wildman–Crippen LogP) is 4.18. The molecule has 2 N–H and O–H groups in total. The Labute approximate surface area is 161 Å². The monoisotopic (exact) mass is 382 g/mol. The second kappa shape index (κ2) is 8.60. The van der Waals surface area contributed by atoms with Gasteiger partial charge in [0, 0.05) is 6.42 Å². The highest BCUT2D eigenvalue weighted by molar-refractivity contribution is 7.12. The number of amides is 2. The third kappa shape index (κ3) is 5.01. The van der Waals surface area contributed by atoms with Crippen LogP contribution < -0.4 is 10.6 Å². The first-order valence-corrected chi connectivity index (χ1v) is 9.36. The smallest absolute Gasteiger partial charge is 0.262 e. The van der Waals surface area contributed by atoms with E-state index in [-0.39, 0.29) is 11.6 Å². The summed E-state index contributed by atoms with van der Waals surface area (Å²) in [6.07, 6.45) is 0.303. The maximum atomic E-state index is 14.0. The number of carbonyl (C=O) groups is 2. The highest BCUT2D eigenvalue weighted by Gasteiger charge is 2.23. The number of halogens is 1. The van der Waals surface area contributed by atoms with Crippen LogP contribution in [0.1, 0.15) is 20.8 Å². The lowest BCUT2D eigenvalue weighted by molar-refractivity contribution is -0.118. The van der Waals surface area contributed by atoms with Crippen LogP contribution in [-0.2, 0) is 11.2 Å². The molecule has 0 aliphatic heterocycles. The van der Waals surface area contributed by atoms with E-state index in [0.717, 1.165) is 11.1 Å². The van der Waals surface area contributed by atoms with Crippen molar-refractivity contribution in [1.82, 2.24) is 5.32 Å². The average molecular weight is 382 g/mol. The lowest BCUT2D eigenvalue weighted by atomic mass is 10.0. The van der Waals surface area contributed by atoms with E-state index in [1.54, 1.807) is 29.6 Å².